The molecule has 15 heavy (non-hydrogen) atoms. The molecule has 0 aliphatic rings. The molecule has 0 saturated heterocycles. The molecule has 1 heterocycles. The van der Waals surface area contributed by atoms with Gasteiger partial charge in [0.2, 0.25) is 0 Å². The summed E-state index contributed by atoms with van der Waals surface area (Å²) in [5, 5.41) is 0.710. The highest BCUT2D eigenvalue weighted by molar-refractivity contribution is 9.10. The number of hydrogen-bond acceptors (Lipinski definition) is 4. The SMILES string of the molecule is Nc1scnc1COc1ccccc1Br. The molecule has 0 atom stereocenters. The second-order valence-corrected chi connectivity index (χ2v) is 4.62. The van der Waals surface area contributed by atoms with Gasteiger partial charge in [-0.1, -0.05) is 12.1 Å². The largest absolute Gasteiger partial charge is 0.486 e. The number of ether oxygens (including phenoxy) is 1. The molecule has 2 aromatic rings. The van der Waals surface area contributed by atoms with Gasteiger partial charge in [0, 0.05) is 0 Å². The minimum absolute atomic E-state index is 0.401. The molecule has 0 saturated carbocycles. The van der Waals surface area contributed by atoms with Gasteiger partial charge in [-0.3, -0.25) is 0 Å². The predicted octanol–water partition coefficient (Wildman–Crippen LogP) is 3.07. The van der Waals surface area contributed by atoms with Crippen molar-refractivity contribution in [3.8, 4) is 5.75 Å². The third-order valence-electron chi connectivity index (χ3n) is 1.87. The predicted molar refractivity (Wildman–Crippen MR) is 65.0 cm³/mol. The maximum Gasteiger partial charge on any atom is 0.134 e. The number of nitrogen functional groups attached to an aromatic ring is 1. The van der Waals surface area contributed by atoms with Crippen molar-refractivity contribution < 1.29 is 4.74 Å². The molecule has 0 radical (unpaired) electrons. The molecule has 2 N–H and O–H groups in total. The molecule has 1 aromatic carbocycles. The van der Waals surface area contributed by atoms with Gasteiger partial charge < -0.3 is 10.5 Å². The molecular weight excluding hydrogens is 276 g/mol. The van der Waals surface area contributed by atoms with Crippen LogP contribution in [0.2, 0.25) is 0 Å². The number of thiazole rings is 1. The molecule has 0 fully saturated rings. The number of benzene rings is 1. The topological polar surface area (TPSA) is 48.1 Å². The zero-order valence-electron chi connectivity index (χ0n) is 7.81. The minimum atomic E-state index is 0.401. The van der Waals surface area contributed by atoms with Crippen LogP contribution in [0.1, 0.15) is 5.69 Å². The van der Waals surface area contributed by atoms with Crippen molar-refractivity contribution >= 4 is 32.3 Å². The first-order valence-corrected chi connectivity index (χ1v) is 6.00. The van der Waals surface area contributed by atoms with Crippen LogP contribution in [-0.2, 0) is 6.61 Å². The third kappa shape index (κ3) is 2.49. The molecule has 0 aliphatic carbocycles. The Kier molecular flexibility index (Phi) is 3.23. The first kappa shape index (κ1) is 10.4. The lowest BCUT2D eigenvalue weighted by Gasteiger charge is -2.06. The van der Waals surface area contributed by atoms with E-state index >= 15 is 0 Å². The number of para-hydroxylation sites is 1. The Morgan fingerprint density at radius 1 is 1.40 bits per heavy atom. The Labute approximate surface area is 100 Å². The Hall–Kier alpha value is -1.07. The van der Waals surface area contributed by atoms with E-state index in [0.717, 1.165) is 15.9 Å². The van der Waals surface area contributed by atoms with Gasteiger partial charge >= 0.3 is 0 Å². The van der Waals surface area contributed by atoms with Gasteiger partial charge in [0.15, 0.2) is 0 Å². The van der Waals surface area contributed by atoms with Crippen molar-refractivity contribution in [3.63, 3.8) is 0 Å². The number of nitrogens with two attached hydrogens (primary N) is 1. The zero-order valence-corrected chi connectivity index (χ0v) is 10.2. The first-order valence-electron chi connectivity index (χ1n) is 4.32. The second-order valence-electron chi connectivity index (χ2n) is 2.88. The van der Waals surface area contributed by atoms with Crippen molar-refractivity contribution in [2.45, 2.75) is 6.61 Å². The van der Waals surface area contributed by atoms with E-state index in [0.29, 0.717) is 11.6 Å². The molecule has 78 valence electrons. The number of rotatable bonds is 3. The number of anilines is 1. The van der Waals surface area contributed by atoms with Crippen LogP contribution < -0.4 is 10.5 Å². The molecule has 2 rings (SSSR count). The Bertz CT molecular complexity index is 458. The lowest BCUT2D eigenvalue weighted by molar-refractivity contribution is 0.301. The van der Waals surface area contributed by atoms with Gasteiger partial charge in [-0.05, 0) is 28.1 Å². The maximum absolute atomic E-state index is 5.71. The van der Waals surface area contributed by atoms with Crippen molar-refractivity contribution in [1.82, 2.24) is 4.98 Å². The average Bonchev–Trinajstić information content (AvgIpc) is 2.63. The van der Waals surface area contributed by atoms with Crippen LogP contribution in [0.3, 0.4) is 0 Å². The molecule has 0 spiro atoms. The standard InChI is InChI=1S/C10H9BrN2OS/c11-7-3-1-2-4-9(7)14-5-8-10(12)15-6-13-8/h1-4,6H,5,12H2. The fourth-order valence-corrected chi connectivity index (χ4v) is 2.04. The molecule has 0 amide bonds. The highest BCUT2D eigenvalue weighted by Gasteiger charge is 2.04. The third-order valence-corrected chi connectivity index (χ3v) is 3.23. The summed E-state index contributed by atoms with van der Waals surface area (Å²) in [4.78, 5) is 4.11. The fraction of sp³-hybridized carbons (Fsp3) is 0.100. The Morgan fingerprint density at radius 2 is 2.20 bits per heavy atom. The molecular formula is C10H9BrN2OS. The van der Waals surface area contributed by atoms with Crippen LogP contribution in [0.4, 0.5) is 5.00 Å². The zero-order chi connectivity index (χ0) is 10.7. The van der Waals surface area contributed by atoms with Gasteiger partial charge in [0.25, 0.3) is 0 Å². The minimum Gasteiger partial charge on any atom is -0.486 e. The summed E-state index contributed by atoms with van der Waals surface area (Å²) in [5.41, 5.74) is 8.21. The van der Waals surface area contributed by atoms with Crippen molar-refractivity contribution in [2.24, 2.45) is 0 Å². The van der Waals surface area contributed by atoms with Gasteiger partial charge in [-0.15, -0.1) is 11.3 Å². The van der Waals surface area contributed by atoms with Gasteiger partial charge in [0.05, 0.1) is 9.98 Å². The van der Waals surface area contributed by atoms with Crippen LogP contribution in [0.25, 0.3) is 0 Å². The van der Waals surface area contributed by atoms with Crippen molar-refractivity contribution in [1.29, 1.82) is 0 Å². The monoisotopic (exact) mass is 284 g/mol. The average molecular weight is 285 g/mol. The Balaban J connectivity index is 2.06. The summed E-state index contributed by atoms with van der Waals surface area (Å²) < 4.78 is 6.51. The lowest BCUT2D eigenvalue weighted by atomic mass is 10.3. The molecule has 0 bridgehead atoms. The van der Waals surface area contributed by atoms with Crippen LogP contribution in [0.5, 0.6) is 5.75 Å². The quantitative estimate of drug-likeness (QED) is 0.942. The molecule has 1 aromatic heterocycles. The van der Waals surface area contributed by atoms with Crippen LogP contribution in [0.15, 0.2) is 34.2 Å². The van der Waals surface area contributed by atoms with E-state index in [2.05, 4.69) is 20.9 Å². The molecule has 3 nitrogen and oxygen atoms in total. The number of hydrogen-bond donors (Lipinski definition) is 1. The van der Waals surface area contributed by atoms with E-state index in [1.54, 1.807) is 5.51 Å². The second kappa shape index (κ2) is 4.63. The van der Waals surface area contributed by atoms with E-state index in [1.807, 2.05) is 24.3 Å². The maximum atomic E-state index is 5.71. The van der Waals surface area contributed by atoms with Gasteiger partial charge in [-0.25, -0.2) is 4.98 Å². The van der Waals surface area contributed by atoms with Crippen molar-refractivity contribution in [3.05, 3.63) is 39.9 Å². The molecule has 5 heteroatoms. The molecule has 0 unspecified atom stereocenters. The number of nitrogens with zero attached hydrogens (tertiary/aromatic N) is 1. The van der Waals surface area contributed by atoms with E-state index in [-0.39, 0.29) is 0 Å². The highest BCUT2D eigenvalue weighted by atomic mass is 79.9. The number of halogens is 1. The summed E-state index contributed by atoms with van der Waals surface area (Å²) in [7, 11) is 0. The summed E-state index contributed by atoms with van der Waals surface area (Å²) in [5.74, 6) is 0.796. The van der Waals surface area contributed by atoms with Gasteiger partial charge in [-0.2, -0.15) is 0 Å². The summed E-state index contributed by atoms with van der Waals surface area (Å²) in [6, 6.07) is 7.69. The van der Waals surface area contributed by atoms with Crippen LogP contribution in [0, 0.1) is 0 Å². The summed E-state index contributed by atoms with van der Waals surface area (Å²) in [6.45, 7) is 0.401. The lowest BCUT2D eigenvalue weighted by Crippen LogP contribution is -1.99. The summed E-state index contributed by atoms with van der Waals surface area (Å²) >= 11 is 4.82. The van der Waals surface area contributed by atoms with E-state index < -0.39 is 0 Å². The first-order chi connectivity index (χ1) is 7.27. The van der Waals surface area contributed by atoms with E-state index in [9.17, 15) is 0 Å². The highest BCUT2D eigenvalue weighted by Crippen LogP contribution is 2.25. The van der Waals surface area contributed by atoms with Crippen molar-refractivity contribution in [2.75, 3.05) is 5.73 Å². The fourth-order valence-electron chi connectivity index (χ4n) is 1.09. The normalized spacial score (nSPS) is 10.2. The molecule has 0 aliphatic heterocycles. The smallest absolute Gasteiger partial charge is 0.134 e. The van der Waals surface area contributed by atoms with Gasteiger partial charge in [0.1, 0.15) is 23.1 Å². The summed E-state index contributed by atoms with van der Waals surface area (Å²) in [6.07, 6.45) is 0. The van der Waals surface area contributed by atoms with E-state index in [1.165, 1.54) is 11.3 Å². The van der Waals surface area contributed by atoms with Crippen LogP contribution >= 0.6 is 27.3 Å². The Morgan fingerprint density at radius 3 is 2.87 bits per heavy atom. The number of aromatic nitrogens is 1. The van der Waals surface area contributed by atoms with Crippen LogP contribution in [-0.4, -0.2) is 4.98 Å². The van der Waals surface area contributed by atoms with E-state index in [4.69, 9.17) is 10.5 Å².